The van der Waals surface area contributed by atoms with E-state index in [1.807, 2.05) is 31.2 Å². The number of benzene rings is 1. The molecule has 0 spiro atoms. The van der Waals surface area contributed by atoms with Crippen LogP contribution in [0, 0.1) is 0 Å². The number of ether oxygens (including phenoxy) is 2. The van der Waals surface area contributed by atoms with Crippen LogP contribution in [0.3, 0.4) is 0 Å². The molecule has 0 aliphatic carbocycles. The minimum atomic E-state index is -0.247. The van der Waals surface area contributed by atoms with Crippen molar-refractivity contribution in [3.63, 3.8) is 0 Å². The number of thioether (sulfide) groups is 1. The predicted octanol–water partition coefficient (Wildman–Crippen LogP) is 2.97. The van der Waals surface area contributed by atoms with Crippen LogP contribution < -0.4 is 14.8 Å². The number of hydrogen-bond donors (Lipinski definition) is 1. The molecule has 5 nitrogen and oxygen atoms in total. The molecule has 2 heterocycles. The zero-order valence-corrected chi connectivity index (χ0v) is 12.9. The number of nitrogens with zero attached hydrogens (tertiary/aromatic N) is 1. The quantitative estimate of drug-likeness (QED) is 0.879. The van der Waals surface area contributed by atoms with Crippen LogP contribution in [0.15, 0.2) is 47.6 Å². The van der Waals surface area contributed by atoms with Crippen molar-refractivity contribution in [2.45, 2.75) is 17.2 Å². The Bertz CT molecular complexity index is 664. The third kappa shape index (κ3) is 3.51. The molecule has 22 heavy (non-hydrogen) atoms. The van der Waals surface area contributed by atoms with Crippen LogP contribution in [-0.2, 0) is 4.79 Å². The van der Waals surface area contributed by atoms with E-state index in [-0.39, 0.29) is 11.2 Å². The van der Waals surface area contributed by atoms with Gasteiger partial charge in [0, 0.05) is 18.0 Å². The summed E-state index contributed by atoms with van der Waals surface area (Å²) in [6.07, 6.45) is 1.72. The van der Waals surface area contributed by atoms with Gasteiger partial charge in [0.1, 0.15) is 13.2 Å². The van der Waals surface area contributed by atoms with E-state index in [1.165, 1.54) is 11.8 Å². The predicted molar refractivity (Wildman–Crippen MR) is 85.6 cm³/mol. The highest BCUT2D eigenvalue weighted by molar-refractivity contribution is 8.00. The average molecular weight is 316 g/mol. The van der Waals surface area contributed by atoms with Crippen LogP contribution in [0.2, 0.25) is 0 Å². The number of hydrogen-bond acceptors (Lipinski definition) is 5. The second-order valence-electron chi connectivity index (χ2n) is 4.78. The Morgan fingerprint density at radius 1 is 1.23 bits per heavy atom. The van der Waals surface area contributed by atoms with Crippen LogP contribution in [0.25, 0.3) is 0 Å². The third-order valence-corrected chi connectivity index (χ3v) is 4.16. The standard InChI is InChI=1S/C16H16N2O3S/c1-11(22-15-4-2-3-7-17-15)16(19)18-12-5-6-13-14(10-12)21-9-8-20-13/h2-7,10-11H,8-9H2,1H3,(H,18,19)/t11-/m1/s1. The number of carbonyl (C=O) groups excluding carboxylic acids is 1. The van der Waals surface area contributed by atoms with Crippen molar-refractivity contribution in [1.29, 1.82) is 0 Å². The number of anilines is 1. The smallest absolute Gasteiger partial charge is 0.237 e. The molecule has 0 unspecified atom stereocenters. The van der Waals surface area contributed by atoms with Crippen LogP contribution >= 0.6 is 11.8 Å². The van der Waals surface area contributed by atoms with Crippen LogP contribution in [-0.4, -0.2) is 29.4 Å². The zero-order chi connectivity index (χ0) is 15.4. The monoisotopic (exact) mass is 316 g/mol. The van der Waals surface area contributed by atoms with Crippen molar-refractivity contribution in [2.24, 2.45) is 0 Å². The Labute approximate surface area is 133 Å². The first-order chi connectivity index (χ1) is 10.7. The first kappa shape index (κ1) is 14.7. The summed E-state index contributed by atoms with van der Waals surface area (Å²) in [6.45, 7) is 2.93. The van der Waals surface area contributed by atoms with Crippen LogP contribution in [0.4, 0.5) is 5.69 Å². The van der Waals surface area contributed by atoms with Gasteiger partial charge in [-0.3, -0.25) is 4.79 Å². The van der Waals surface area contributed by atoms with Crippen molar-refractivity contribution >= 4 is 23.4 Å². The minimum absolute atomic E-state index is 0.0765. The Morgan fingerprint density at radius 3 is 2.82 bits per heavy atom. The maximum atomic E-state index is 12.3. The maximum absolute atomic E-state index is 12.3. The lowest BCUT2D eigenvalue weighted by molar-refractivity contribution is -0.115. The molecule has 1 amide bonds. The summed E-state index contributed by atoms with van der Waals surface area (Å²) in [5, 5.41) is 3.47. The second-order valence-corrected chi connectivity index (χ2v) is 6.14. The molecule has 3 rings (SSSR count). The first-order valence-corrected chi connectivity index (χ1v) is 7.88. The summed E-state index contributed by atoms with van der Waals surface area (Å²) in [4.78, 5) is 16.5. The van der Waals surface area contributed by atoms with Crippen LogP contribution in [0.5, 0.6) is 11.5 Å². The molecule has 1 aromatic carbocycles. The molecule has 0 saturated carbocycles. The van der Waals surface area contributed by atoms with Gasteiger partial charge in [0.15, 0.2) is 11.5 Å². The average Bonchev–Trinajstić information content (AvgIpc) is 2.55. The van der Waals surface area contributed by atoms with Gasteiger partial charge >= 0.3 is 0 Å². The molecule has 0 fully saturated rings. The molecule has 0 saturated heterocycles. The molecular weight excluding hydrogens is 300 g/mol. The zero-order valence-electron chi connectivity index (χ0n) is 12.1. The second kappa shape index (κ2) is 6.70. The summed E-state index contributed by atoms with van der Waals surface area (Å²) in [7, 11) is 0. The Morgan fingerprint density at radius 2 is 2.05 bits per heavy atom. The number of fused-ring (bicyclic) bond motifs is 1. The highest BCUT2D eigenvalue weighted by atomic mass is 32.2. The van der Waals surface area contributed by atoms with Gasteiger partial charge in [-0.05, 0) is 31.2 Å². The van der Waals surface area contributed by atoms with Crippen molar-refractivity contribution in [2.75, 3.05) is 18.5 Å². The van der Waals surface area contributed by atoms with Gasteiger partial charge in [-0.2, -0.15) is 0 Å². The number of rotatable bonds is 4. The van der Waals surface area contributed by atoms with E-state index in [9.17, 15) is 4.79 Å². The van der Waals surface area contributed by atoms with Crippen LogP contribution in [0.1, 0.15) is 6.92 Å². The van der Waals surface area contributed by atoms with Crippen molar-refractivity contribution < 1.29 is 14.3 Å². The van der Waals surface area contributed by atoms with E-state index >= 15 is 0 Å². The summed E-state index contributed by atoms with van der Waals surface area (Å²) < 4.78 is 11.0. The Kier molecular flexibility index (Phi) is 4.48. The van der Waals surface area contributed by atoms with E-state index in [2.05, 4.69) is 10.3 Å². The fourth-order valence-electron chi connectivity index (χ4n) is 2.02. The Balaban J connectivity index is 1.63. The molecule has 114 valence electrons. The summed E-state index contributed by atoms with van der Waals surface area (Å²) in [5.74, 6) is 1.29. The fourth-order valence-corrected chi connectivity index (χ4v) is 2.82. The topological polar surface area (TPSA) is 60.5 Å². The van der Waals surface area contributed by atoms with Gasteiger partial charge in [0.25, 0.3) is 0 Å². The van der Waals surface area contributed by atoms with E-state index in [0.29, 0.717) is 30.4 Å². The van der Waals surface area contributed by atoms with Gasteiger partial charge in [0.05, 0.1) is 10.3 Å². The number of nitrogens with one attached hydrogen (secondary N) is 1. The molecule has 0 radical (unpaired) electrons. The number of pyridine rings is 1. The molecule has 2 aromatic rings. The number of carbonyl (C=O) groups is 1. The fraction of sp³-hybridized carbons (Fsp3) is 0.250. The van der Waals surface area contributed by atoms with Gasteiger partial charge < -0.3 is 14.8 Å². The Hall–Kier alpha value is -2.21. The summed E-state index contributed by atoms with van der Waals surface area (Å²) >= 11 is 1.42. The van der Waals surface area contributed by atoms with Crippen molar-refractivity contribution in [3.05, 3.63) is 42.6 Å². The molecule has 1 aliphatic rings. The largest absolute Gasteiger partial charge is 0.486 e. The molecule has 6 heteroatoms. The molecule has 1 atom stereocenters. The summed E-state index contributed by atoms with van der Waals surface area (Å²) in [6, 6.07) is 11.0. The minimum Gasteiger partial charge on any atom is -0.486 e. The van der Waals surface area contributed by atoms with E-state index in [0.717, 1.165) is 5.03 Å². The number of aromatic nitrogens is 1. The molecule has 1 N–H and O–H groups in total. The third-order valence-electron chi connectivity index (χ3n) is 3.11. The highest BCUT2D eigenvalue weighted by Crippen LogP contribution is 2.33. The van der Waals surface area contributed by atoms with E-state index in [1.54, 1.807) is 18.3 Å². The SMILES string of the molecule is C[C@@H](Sc1ccccn1)C(=O)Nc1ccc2c(c1)OCCO2. The maximum Gasteiger partial charge on any atom is 0.237 e. The number of amides is 1. The molecular formula is C16H16N2O3S. The highest BCUT2D eigenvalue weighted by Gasteiger charge is 2.17. The van der Waals surface area contributed by atoms with Gasteiger partial charge in [0.2, 0.25) is 5.91 Å². The molecule has 1 aromatic heterocycles. The van der Waals surface area contributed by atoms with E-state index in [4.69, 9.17) is 9.47 Å². The lowest BCUT2D eigenvalue weighted by Crippen LogP contribution is -2.22. The van der Waals surface area contributed by atoms with Gasteiger partial charge in [-0.25, -0.2) is 4.98 Å². The molecule has 1 aliphatic heterocycles. The summed E-state index contributed by atoms with van der Waals surface area (Å²) in [5.41, 5.74) is 0.697. The van der Waals surface area contributed by atoms with Gasteiger partial charge in [-0.15, -0.1) is 0 Å². The van der Waals surface area contributed by atoms with Gasteiger partial charge in [-0.1, -0.05) is 17.8 Å². The first-order valence-electron chi connectivity index (χ1n) is 7.00. The van der Waals surface area contributed by atoms with Crippen molar-refractivity contribution in [3.8, 4) is 11.5 Å². The van der Waals surface area contributed by atoms with Crippen molar-refractivity contribution in [1.82, 2.24) is 4.98 Å². The normalized spacial score (nSPS) is 14.2. The lowest BCUT2D eigenvalue weighted by Gasteiger charge is -2.19. The van der Waals surface area contributed by atoms with E-state index < -0.39 is 0 Å². The molecule has 0 bridgehead atoms. The lowest BCUT2D eigenvalue weighted by atomic mass is 10.2.